The van der Waals surface area contributed by atoms with E-state index in [1.807, 2.05) is 54.9 Å². The first-order chi connectivity index (χ1) is 35.5. The fourth-order valence-corrected chi connectivity index (χ4v) is 10.7. The largest absolute Gasteiger partial charge is 0.360 e. The van der Waals surface area contributed by atoms with E-state index < -0.39 is 5.24 Å². The molecule has 3 amide bonds. The summed E-state index contributed by atoms with van der Waals surface area (Å²) < 4.78 is 0. The number of likely N-dealkylation sites (tertiary alicyclic amines) is 1. The fraction of sp³-hybridized carbons (Fsp3) is 0.418. The number of benzene rings is 2. The van der Waals surface area contributed by atoms with Gasteiger partial charge in [-0.2, -0.15) is 0 Å². The number of halogens is 3. The van der Waals surface area contributed by atoms with Crippen LogP contribution in [0, 0.1) is 11.8 Å². The first kappa shape index (κ1) is 55.4. The molecule has 4 fully saturated rings. The normalized spacial score (nSPS) is 20.1. The van der Waals surface area contributed by atoms with Gasteiger partial charge in [-0.05, 0) is 126 Å². The Labute approximate surface area is 447 Å². The first-order valence-corrected chi connectivity index (χ1v) is 26.4. The highest BCUT2D eigenvalue weighted by molar-refractivity contribution is 6.66. The summed E-state index contributed by atoms with van der Waals surface area (Å²) in [6.07, 6.45) is 20.6. The van der Waals surface area contributed by atoms with E-state index in [-0.39, 0.29) is 61.2 Å². The third-order valence-corrected chi connectivity index (χ3v) is 14.8. The molecule has 2 aliphatic carbocycles. The molecule has 0 spiro atoms. The van der Waals surface area contributed by atoms with Crippen LogP contribution in [-0.2, 0) is 19.2 Å². The second-order valence-corrected chi connectivity index (χ2v) is 20.2. The highest BCUT2D eigenvalue weighted by atomic mass is 35.5. The molecule has 2 unspecified atom stereocenters. The number of para-hydroxylation sites is 2. The zero-order valence-corrected chi connectivity index (χ0v) is 43.0. The van der Waals surface area contributed by atoms with Crippen LogP contribution in [0.3, 0.4) is 0 Å². The predicted molar refractivity (Wildman–Crippen MR) is 297 cm³/mol. The van der Waals surface area contributed by atoms with E-state index in [0.29, 0.717) is 59.3 Å². The highest BCUT2D eigenvalue weighted by Gasteiger charge is 2.31. The number of carbonyl (C=O) groups excluding carboxylic acids is 4. The number of nitrogens with one attached hydrogen (secondary N) is 7. The average molecular weight is 1070 g/mol. The van der Waals surface area contributed by atoms with E-state index in [1.165, 1.54) is 6.08 Å². The van der Waals surface area contributed by atoms with Gasteiger partial charge in [0.25, 0.3) is 0 Å². The minimum Gasteiger partial charge on any atom is -0.360 e. The number of aromatic amines is 2. The van der Waals surface area contributed by atoms with Gasteiger partial charge in [0.2, 0.25) is 34.9 Å². The molecule has 0 radical (unpaired) electrons. The topological polar surface area (TPSA) is 215 Å². The summed E-state index contributed by atoms with van der Waals surface area (Å²) in [6.45, 7) is 9.69. The van der Waals surface area contributed by atoms with Crippen molar-refractivity contribution in [1.82, 2.24) is 50.8 Å². The van der Waals surface area contributed by atoms with E-state index in [4.69, 9.17) is 44.8 Å². The molecule has 19 heteroatoms. The lowest BCUT2D eigenvalue weighted by Gasteiger charge is -2.34. The van der Waals surface area contributed by atoms with Crippen LogP contribution in [0.1, 0.15) is 84.5 Å². The van der Waals surface area contributed by atoms with Gasteiger partial charge in [0.15, 0.2) is 0 Å². The van der Waals surface area contributed by atoms with E-state index in [1.54, 1.807) is 17.3 Å². The summed E-state index contributed by atoms with van der Waals surface area (Å²) in [7, 11) is 0. The van der Waals surface area contributed by atoms with Crippen LogP contribution in [0.4, 0.5) is 11.9 Å². The van der Waals surface area contributed by atoms with Gasteiger partial charge in [-0.1, -0.05) is 80.2 Å². The molecule has 4 aromatic heterocycles. The summed E-state index contributed by atoms with van der Waals surface area (Å²) in [6, 6.07) is 16.8. The Balaban J connectivity index is 0.000000197. The Bertz CT molecular complexity index is 2890. The number of rotatable bonds is 12. The maximum absolute atomic E-state index is 12.9. The molecular formula is C55H67Cl3N12O4. The molecule has 2 saturated carbocycles. The number of piperidine rings is 2. The molecule has 6 heterocycles. The summed E-state index contributed by atoms with van der Waals surface area (Å²) in [5.41, 5.74) is 5.39. The molecule has 2 aliphatic heterocycles. The van der Waals surface area contributed by atoms with Crippen molar-refractivity contribution in [3.05, 3.63) is 109 Å². The summed E-state index contributed by atoms with van der Waals surface area (Å²) in [4.78, 5) is 73.5. The highest BCUT2D eigenvalue weighted by Crippen LogP contribution is 2.35. The number of amides is 3. The van der Waals surface area contributed by atoms with Crippen molar-refractivity contribution < 1.29 is 19.2 Å². The predicted octanol–water partition coefficient (Wildman–Crippen LogP) is 10.2. The number of H-pyrrole nitrogens is 2. The number of hydrogen-bond acceptors (Lipinski definition) is 11. The van der Waals surface area contributed by atoms with Gasteiger partial charge in [0.1, 0.15) is 0 Å². The molecule has 2 aromatic carbocycles. The molecular weight excluding hydrogens is 999 g/mol. The SMILES string of the molecule is C.C=CC(=O)Cl.C=CC(=O)N1CCC(C(=O)NC2CCC[C@@H](Nc3ncc(Cl)c(-c4c[nH]c5ccccc45)n3)C2)CC1.O=C(NC1CCC[C@@H](Nc2ncc(Cl)c(-c3c[nH]c4ccccc34)n2)C1)C1CCNCC1. The van der Waals surface area contributed by atoms with E-state index in [9.17, 15) is 19.2 Å². The van der Waals surface area contributed by atoms with E-state index in [2.05, 4.69) is 65.7 Å². The second kappa shape index (κ2) is 26.8. The standard InChI is InChI=1S/C27H31ClN6O2.C24H29ClN6O.C3H3ClO.CH4/c1-2-24(35)34-12-10-17(11-13-34)26(36)31-18-6-5-7-19(14-18)32-27-30-16-22(28)25(33-27)21-15-29-23-9-4-3-8-20(21)23;25-20-14-28-24(31-22(20)19-13-27-21-7-2-1-6-18(19)21)30-17-5-3-4-16(12-17)29-23(32)15-8-10-26-11-9-15;1-2-3(4)5;/h2-4,8-9,15-19,29H,1,5-7,10-14H2,(H,31,36)(H,30,32,33);1-2,6-7,13-17,26-27H,3-5,8-12H2,(H,29,32)(H,28,30,31);2H,1H2;1H4/t18?,19-;16?,17-;;/m11../s1. The maximum Gasteiger partial charge on any atom is 0.245 e. The van der Waals surface area contributed by atoms with Gasteiger partial charge in [-0.15, -0.1) is 0 Å². The lowest BCUT2D eigenvalue weighted by molar-refractivity contribution is -0.132. The van der Waals surface area contributed by atoms with Crippen LogP contribution < -0.4 is 26.6 Å². The molecule has 7 N–H and O–H groups in total. The monoisotopic (exact) mass is 1060 g/mol. The second-order valence-electron chi connectivity index (χ2n) is 19.0. The molecule has 74 heavy (non-hydrogen) atoms. The Morgan fingerprint density at radius 1 is 0.622 bits per heavy atom. The number of fused-ring (bicyclic) bond motifs is 2. The van der Waals surface area contributed by atoms with Crippen molar-refractivity contribution >= 4 is 91.5 Å². The zero-order valence-electron chi connectivity index (χ0n) is 40.8. The fourth-order valence-electron chi connectivity index (χ4n) is 10.3. The molecule has 392 valence electrons. The Hall–Kier alpha value is -6.33. The van der Waals surface area contributed by atoms with Crippen molar-refractivity contribution in [3.63, 3.8) is 0 Å². The number of carbonyl (C=O) groups is 4. The van der Waals surface area contributed by atoms with Crippen LogP contribution in [0.5, 0.6) is 0 Å². The van der Waals surface area contributed by atoms with E-state index >= 15 is 0 Å². The smallest absolute Gasteiger partial charge is 0.245 e. The molecule has 16 nitrogen and oxygen atoms in total. The number of hydrogen-bond donors (Lipinski definition) is 7. The minimum absolute atomic E-state index is 0. The molecule has 6 aromatic rings. The van der Waals surface area contributed by atoms with Crippen LogP contribution in [0.2, 0.25) is 10.0 Å². The average Bonchev–Trinajstić information content (AvgIpc) is 4.05. The Kier molecular flexibility index (Phi) is 20.0. The van der Waals surface area contributed by atoms with Crippen molar-refractivity contribution in [3.8, 4) is 22.5 Å². The van der Waals surface area contributed by atoms with Crippen molar-refractivity contribution in [1.29, 1.82) is 0 Å². The maximum atomic E-state index is 12.9. The summed E-state index contributed by atoms with van der Waals surface area (Å²) in [5.74, 6) is 1.44. The van der Waals surface area contributed by atoms with Crippen molar-refractivity contribution in [2.45, 2.75) is 109 Å². The lowest BCUT2D eigenvalue weighted by atomic mass is 9.89. The quantitative estimate of drug-likeness (QED) is 0.0452. The van der Waals surface area contributed by atoms with Gasteiger partial charge in [0, 0.05) is 94.4 Å². The number of anilines is 2. The number of nitrogens with zero attached hydrogens (tertiary/aromatic N) is 5. The van der Waals surface area contributed by atoms with Gasteiger partial charge >= 0.3 is 0 Å². The molecule has 4 aliphatic rings. The first-order valence-electron chi connectivity index (χ1n) is 25.2. The molecule has 0 bridgehead atoms. The molecule has 4 atom stereocenters. The third kappa shape index (κ3) is 14.5. The van der Waals surface area contributed by atoms with Crippen molar-refractivity contribution in [2.75, 3.05) is 36.8 Å². The van der Waals surface area contributed by atoms with Gasteiger partial charge in [-0.3, -0.25) is 19.2 Å². The van der Waals surface area contributed by atoms with Crippen LogP contribution in [0.25, 0.3) is 44.3 Å². The Morgan fingerprint density at radius 2 is 1.05 bits per heavy atom. The van der Waals surface area contributed by atoms with Crippen LogP contribution in [-0.4, -0.2) is 108 Å². The molecule has 2 saturated heterocycles. The zero-order chi connectivity index (χ0) is 51.3. The number of allylic oxidation sites excluding steroid dienone is 1. The summed E-state index contributed by atoms with van der Waals surface area (Å²) in [5, 5.41) is 19.5. The van der Waals surface area contributed by atoms with Crippen LogP contribution >= 0.6 is 34.8 Å². The minimum atomic E-state index is -0.509. The van der Waals surface area contributed by atoms with Gasteiger partial charge in [0.05, 0.1) is 33.8 Å². The van der Waals surface area contributed by atoms with Crippen LogP contribution in [0.15, 0.2) is 98.6 Å². The van der Waals surface area contributed by atoms with E-state index in [0.717, 1.165) is 116 Å². The third-order valence-electron chi connectivity index (χ3n) is 14.1. The summed E-state index contributed by atoms with van der Waals surface area (Å²) >= 11 is 17.7. The van der Waals surface area contributed by atoms with Gasteiger partial charge in [-0.25, -0.2) is 19.9 Å². The lowest BCUT2D eigenvalue weighted by Crippen LogP contribution is -2.47. The Morgan fingerprint density at radius 3 is 1.50 bits per heavy atom. The van der Waals surface area contributed by atoms with Gasteiger partial charge < -0.3 is 41.5 Å². The number of aromatic nitrogens is 6. The molecule has 10 rings (SSSR count). The van der Waals surface area contributed by atoms with Crippen molar-refractivity contribution in [2.24, 2.45) is 11.8 Å².